The van der Waals surface area contributed by atoms with Gasteiger partial charge in [0.15, 0.2) is 5.65 Å². The number of alkyl halides is 1. The van der Waals surface area contributed by atoms with E-state index < -0.39 is 0 Å². The van der Waals surface area contributed by atoms with Crippen LogP contribution in [0, 0.1) is 12.8 Å². The van der Waals surface area contributed by atoms with Gasteiger partial charge in [-0.3, -0.25) is 0 Å². The molecule has 0 saturated heterocycles. The third-order valence-electron chi connectivity index (χ3n) is 3.18. The Kier molecular flexibility index (Phi) is 4.77. The van der Waals surface area contributed by atoms with Crippen molar-refractivity contribution in [3.8, 4) is 0 Å². The van der Waals surface area contributed by atoms with Crippen molar-refractivity contribution in [3.05, 3.63) is 23.7 Å². The zero-order valence-electron chi connectivity index (χ0n) is 11.7. The van der Waals surface area contributed by atoms with Crippen molar-refractivity contribution >= 4 is 22.8 Å². The van der Waals surface area contributed by atoms with E-state index in [9.17, 15) is 0 Å². The molecule has 0 aromatic carbocycles. The molecule has 2 rings (SSSR count). The van der Waals surface area contributed by atoms with Crippen LogP contribution in [0.25, 0.3) is 11.2 Å². The maximum absolute atomic E-state index is 5.87. The molecule has 0 amide bonds. The minimum Gasteiger partial charge on any atom is -0.384 e. The highest BCUT2D eigenvalue weighted by atomic mass is 35.5. The van der Waals surface area contributed by atoms with E-state index in [1.165, 1.54) is 0 Å². The van der Waals surface area contributed by atoms with E-state index in [0.717, 1.165) is 42.1 Å². The second kappa shape index (κ2) is 6.35. The molecule has 0 aliphatic carbocycles. The van der Waals surface area contributed by atoms with E-state index in [4.69, 9.17) is 21.3 Å². The van der Waals surface area contributed by atoms with E-state index in [0.29, 0.717) is 11.8 Å². The summed E-state index contributed by atoms with van der Waals surface area (Å²) in [5.41, 5.74) is 3.08. The number of methoxy groups -OCH3 is 1. The van der Waals surface area contributed by atoms with Crippen molar-refractivity contribution in [1.29, 1.82) is 0 Å². The van der Waals surface area contributed by atoms with Gasteiger partial charge in [0.05, 0.1) is 6.61 Å². The second-order valence-electron chi connectivity index (χ2n) is 4.94. The fraction of sp³-hybridized carbons (Fsp3) is 0.571. The highest BCUT2D eigenvalue weighted by Crippen LogP contribution is 2.19. The summed E-state index contributed by atoms with van der Waals surface area (Å²) in [5, 5.41) is 0. The molecule has 0 spiro atoms. The summed E-state index contributed by atoms with van der Waals surface area (Å²) in [6.07, 6.45) is 2.60. The second-order valence-corrected chi connectivity index (χ2v) is 5.32. The standard InChI is InChI=1S/C14H20ClN3O/c1-10(9-19-3)8-18-12(4-6-15)17-13-11(2)5-7-16-14(13)18/h5,7,10H,4,6,8-9H2,1-3H3. The van der Waals surface area contributed by atoms with Crippen LogP contribution in [0.5, 0.6) is 0 Å². The molecule has 19 heavy (non-hydrogen) atoms. The van der Waals surface area contributed by atoms with Crippen LogP contribution in [0.15, 0.2) is 12.3 Å². The third kappa shape index (κ3) is 3.07. The molecule has 2 aromatic heterocycles. The van der Waals surface area contributed by atoms with Gasteiger partial charge < -0.3 is 9.30 Å². The van der Waals surface area contributed by atoms with Crippen molar-refractivity contribution in [2.45, 2.75) is 26.8 Å². The van der Waals surface area contributed by atoms with Crippen LogP contribution < -0.4 is 0 Å². The van der Waals surface area contributed by atoms with Gasteiger partial charge in [0.25, 0.3) is 0 Å². The summed E-state index contributed by atoms with van der Waals surface area (Å²) in [6, 6.07) is 1.99. The van der Waals surface area contributed by atoms with E-state index >= 15 is 0 Å². The molecule has 0 bridgehead atoms. The average Bonchev–Trinajstić information content (AvgIpc) is 2.71. The van der Waals surface area contributed by atoms with Gasteiger partial charge in [-0.05, 0) is 24.5 Å². The zero-order chi connectivity index (χ0) is 13.8. The van der Waals surface area contributed by atoms with Gasteiger partial charge in [0, 0.05) is 32.2 Å². The molecule has 2 aromatic rings. The van der Waals surface area contributed by atoms with Crippen molar-refractivity contribution in [2.75, 3.05) is 19.6 Å². The normalized spacial score (nSPS) is 13.1. The van der Waals surface area contributed by atoms with E-state index in [2.05, 4.69) is 23.4 Å². The molecule has 0 N–H and O–H groups in total. The zero-order valence-corrected chi connectivity index (χ0v) is 12.4. The first-order valence-corrected chi connectivity index (χ1v) is 7.06. The van der Waals surface area contributed by atoms with Crippen molar-refractivity contribution in [3.63, 3.8) is 0 Å². The lowest BCUT2D eigenvalue weighted by Crippen LogP contribution is -2.15. The highest BCUT2D eigenvalue weighted by molar-refractivity contribution is 6.17. The Bertz CT molecular complexity index is 553. The molecule has 1 unspecified atom stereocenters. The van der Waals surface area contributed by atoms with Gasteiger partial charge in [0.1, 0.15) is 11.3 Å². The molecule has 0 aliphatic rings. The van der Waals surface area contributed by atoms with Crippen molar-refractivity contribution in [1.82, 2.24) is 14.5 Å². The number of aryl methyl sites for hydroxylation is 2. The monoisotopic (exact) mass is 281 g/mol. The fourth-order valence-corrected chi connectivity index (χ4v) is 2.47. The van der Waals surface area contributed by atoms with Crippen LogP contribution in [0.2, 0.25) is 0 Å². The molecule has 1 atom stereocenters. The predicted octanol–water partition coefficient (Wildman–Crippen LogP) is 2.80. The van der Waals surface area contributed by atoms with E-state index in [1.807, 2.05) is 12.3 Å². The maximum Gasteiger partial charge on any atom is 0.160 e. The quantitative estimate of drug-likeness (QED) is 0.765. The molecule has 0 radical (unpaired) electrons. The third-order valence-corrected chi connectivity index (χ3v) is 3.37. The number of halogens is 1. The summed E-state index contributed by atoms with van der Waals surface area (Å²) >= 11 is 5.87. The Hall–Kier alpha value is -1.13. The summed E-state index contributed by atoms with van der Waals surface area (Å²) in [7, 11) is 1.73. The van der Waals surface area contributed by atoms with Gasteiger partial charge in [-0.15, -0.1) is 11.6 Å². The number of hydrogen-bond donors (Lipinski definition) is 0. The first kappa shape index (κ1) is 14.3. The molecular formula is C14H20ClN3O. The Morgan fingerprint density at radius 3 is 2.95 bits per heavy atom. The topological polar surface area (TPSA) is 39.9 Å². The summed E-state index contributed by atoms with van der Waals surface area (Å²) in [4.78, 5) is 9.16. The van der Waals surface area contributed by atoms with Crippen molar-refractivity contribution < 1.29 is 4.74 Å². The summed E-state index contributed by atoms with van der Waals surface area (Å²) in [6.45, 7) is 5.80. The van der Waals surface area contributed by atoms with Gasteiger partial charge in [-0.2, -0.15) is 0 Å². The van der Waals surface area contributed by atoms with Gasteiger partial charge in [-0.25, -0.2) is 9.97 Å². The van der Waals surface area contributed by atoms with Crippen LogP contribution in [0.3, 0.4) is 0 Å². The largest absolute Gasteiger partial charge is 0.384 e. The van der Waals surface area contributed by atoms with Crippen LogP contribution in [-0.4, -0.2) is 34.1 Å². The summed E-state index contributed by atoms with van der Waals surface area (Å²) in [5.74, 6) is 2.00. The summed E-state index contributed by atoms with van der Waals surface area (Å²) < 4.78 is 7.38. The van der Waals surface area contributed by atoms with Gasteiger partial charge in [0.2, 0.25) is 0 Å². The molecule has 0 aliphatic heterocycles. The first-order valence-electron chi connectivity index (χ1n) is 6.53. The van der Waals surface area contributed by atoms with Gasteiger partial charge >= 0.3 is 0 Å². The van der Waals surface area contributed by atoms with E-state index in [-0.39, 0.29) is 0 Å². The lowest BCUT2D eigenvalue weighted by molar-refractivity contribution is 0.151. The molecule has 4 nitrogen and oxygen atoms in total. The minimum atomic E-state index is 0.416. The number of hydrogen-bond acceptors (Lipinski definition) is 3. The number of imidazole rings is 1. The number of aromatic nitrogens is 3. The van der Waals surface area contributed by atoms with E-state index in [1.54, 1.807) is 7.11 Å². The van der Waals surface area contributed by atoms with Crippen LogP contribution >= 0.6 is 11.6 Å². The number of nitrogens with zero attached hydrogens (tertiary/aromatic N) is 3. The molecule has 2 heterocycles. The average molecular weight is 282 g/mol. The predicted molar refractivity (Wildman–Crippen MR) is 77.7 cm³/mol. The fourth-order valence-electron chi connectivity index (χ4n) is 2.30. The Balaban J connectivity index is 2.43. The van der Waals surface area contributed by atoms with Crippen LogP contribution in [0.1, 0.15) is 18.3 Å². The lowest BCUT2D eigenvalue weighted by atomic mass is 10.2. The molecular weight excluding hydrogens is 262 g/mol. The molecule has 5 heteroatoms. The SMILES string of the molecule is COCC(C)Cn1c(CCCl)nc2c(C)ccnc21. The minimum absolute atomic E-state index is 0.416. The first-order chi connectivity index (χ1) is 9.17. The number of ether oxygens (including phenoxy) is 1. The van der Waals surface area contributed by atoms with Crippen molar-refractivity contribution in [2.24, 2.45) is 5.92 Å². The Labute approximate surface area is 118 Å². The lowest BCUT2D eigenvalue weighted by Gasteiger charge is -2.13. The number of pyridine rings is 1. The van der Waals surface area contributed by atoms with Crippen LogP contribution in [0.4, 0.5) is 0 Å². The van der Waals surface area contributed by atoms with Gasteiger partial charge in [-0.1, -0.05) is 6.92 Å². The highest BCUT2D eigenvalue weighted by Gasteiger charge is 2.15. The Morgan fingerprint density at radius 1 is 1.47 bits per heavy atom. The number of fused-ring (bicyclic) bond motifs is 1. The Morgan fingerprint density at radius 2 is 2.26 bits per heavy atom. The molecule has 0 fully saturated rings. The molecule has 0 saturated carbocycles. The maximum atomic E-state index is 5.87. The van der Waals surface area contributed by atoms with Crippen LogP contribution in [-0.2, 0) is 17.7 Å². The smallest absolute Gasteiger partial charge is 0.160 e. The molecule has 104 valence electrons. The number of rotatable bonds is 6.